The van der Waals surface area contributed by atoms with Crippen LogP contribution in [0.25, 0.3) is 10.9 Å². The zero-order valence-corrected chi connectivity index (χ0v) is 31.9. The number of benzene rings is 2. The van der Waals surface area contributed by atoms with Crippen molar-refractivity contribution in [3.8, 4) is 5.75 Å². The van der Waals surface area contributed by atoms with E-state index in [4.69, 9.17) is 9.84 Å². The van der Waals surface area contributed by atoms with E-state index in [9.17, 15) is 19.2 Å². The van der Waals surface area contributed by atoms with Crippen molar-refractivity contribution in [3.05, 3.63) is 66.4 Å². The summed E-state index contributed by atoms with van der Waals surface area (Å²) in [6.45, 7) is 6.88. The molecule has 0 bridgehead atoms. The molecule has 3 N–H and O–H groups in total. The molecule has 4 fully saturated rings. The minimum absolute atomic E-state index is 0.147. The number of nitrogens with zero attached hydrogens (tertiary/aromatic N) is 7. The molecule has 6 heterocycles. The topological polar surface area (TPSA) is 167 Å². The normalized spacial score (nSPS) is 20.2. The van der Waals surface area contributed by atoms with Crippen LogP contribution in [0.5, 0.6) is 5.75 Å². The molecule has 8 rings (SSSR count). The highest BCUT2D eigenvalue weighted by Gasteiger charge is 2.30. The highest BCUT2D eigenvalue weighted by atomic mass is 16.5. The van der Waals surface area contributed by atoms with Crippen molar-refractivity contribution in [2.45, 2.75) is 69.9 Å². The van der Waals surface area contributed by atoms with Crippen molar-refractivity contribution in [1.29, 1.82) is 0 Å². The highest BCUT2D eigenvalue weighted by Crippen LogP contribution is 2.35. The largest absolute Gasteiger partial charge is 0.496 e. The van der Waals surface area contributed by atoms with Crippen LogP contribution in [0.4, 0.5) is 17.1 Å². The Kier molecular flexibility index (Phi) is 11.1. The maximum atomic E-state index is 13.1. The lowest BCUT2D eigenvalue weighted by molar-refractivity contribution is -0.134. The third-order valence-electron chi connectivity index (χ3n) is 11.8. The first-order chi connectivity index (χ1) is 27.3. The molecule has 0 saturated carbocycles. The molecule has 15 nitrogen and oxygen atoms in total. The van der Waals surface area contributed by atoms with Crippen molar-refractivity contribution in [3.63, 3.8) is 0 Å². The second kappa shape index (κ2) is 16.7. The van der Waals surface area contributed by atoms with Gasteiger partial charge in [0.25, 0.3) is 11.8 Å². The van der Waals surface area contributed by atoms with Gasteiger partial charge in [0, 0.05) is 88.0 Å². The standard InChI is InChI=1S/C41H50N10O5/c1-56-36-23-30(6-7-31(36)39(53)44-32-8-9-37(52)46-40(32)54)49-20-10-27(11-21-49)25-48-18-12-29(13-19-48)51-26-28-22-34(45-41(55)38-42-14-5-15-43-38)35(24-33(28)47-51)50-16-3-2-4-17-50/h5-7,14-15,22-24,26-27,29,32H,2-4,8-13,16-21,25H2,1H3,(H,44,53)(H,45,55)(H,46,52,54)/t32-/m0/s1. The highest BCUT2D eigenvalue weighted by molar-refractivity contribution is 6.06. The summed E-state index contributed by atoms with van der Waals surface area (Å²) >= 11 is 0. The Hall–Kier alpha value is -5.57. The van der Waals surface area contributed by atoms with E-state index in [1.807, 2.05) is 12.1 Å². The van der Waals surface area contributed by atoms with Crippen LogP contribution in [0.15, 0.2) is 55.0 Å². The number of rotatable bonds is 10. The zero-order chi connectivity index (χ0) is 38.6. The summed E-state index contributed by atoms with van der Waals surface area (Å²) < 4.78 is 7.74. The second-order valence-corrected chi connectivity index (χ2v) is 15.4. The molecule has 0 radical (unpaired) electrons. The van der Waals surface area contributed by atoms with Gasteiger partial charge in [0.05, 0.1) is 35.6 Å². The summed E-state index contributed by atoms with van der Waals surface area (Å²) in [4.78, 5) is 65.4. The SMILES string of the molecule is COc1cc(N2CCC(CN3CCC(n4cc5cc(NC(=O)c6ncccn6)c(N6CCCCC6)cc5n4)CC3)CC2)ccc1C(=O)N[C@H]1CCC(=O)NC1=O. The Morgan fingerprint density at radius 3 is 2.38 bits per heavy atom. The van der Waals surface area contributed by atoms with Crippen LogP contribution in [-0.4, -0.2) is 107 Å². The maximum Gasteiger partial charge on any atom is 0.293 e. The fraction of sp³-hybridized carbons (Fsp3) is 0.488. The Balaban J connectivity index is 0.849. The summed E-state index contributed by atoms with van der Waals surface area (Å²) in [7, 11) is 1.54. The van der Waals surface area contributed by atoms with E-state index in [1.54, 1.807) is 31.6 Å². The van der Waals surface area contributed by atoms with Crippen molar-refractivity contribution in [1.82, 2.24) is 35.3 Å². The number of piperidine rings is 4. The molecule has 294 valence electrons. The molecule has 4 saturated heterocycles. The molecular formula is C41H50N10O5. The van der Waals surface area contributed by atoms with Gasteiger partial charge in [-0.25, -0.2) is 9.97 Å². The van der Waals surface area contributed by atoms with E-state index in [-0.39, 0.29) is 30.5 Å². The first-order valence-corrected chi connectivity index (χ1v) is 20.0. The molecular weight excluding hydrogens is 713 g/mol. The van der Waals surface area contributed by atoms with Gasteiger partial charge in [-0.15, -0.1) is 0 Å². The van der Waals surface area contributed by atoms with Gasteiger partial charge in [0.2, 0.25) is 17.6 Å². The molecule has 1 atom stereocenters. The van der Waals surface area contributed by atoms with Gasteiger partial charge >= 0.3 is 0 Å². The predicted molar refractivity (Wildman–Crippen MR) is 212 cm³/mol. The molecule has 4 aliphatic rings. The molecule has 0 unspecified atom stereocenters. The Labute approximate surface area is 326 Å². The summed E-state index contributed by atoms with van der Waals surface area (Å²) in [5.74, 6) is -0.313. The molecule has 4 aromatic rings. The Morgan fingerprint density at radius 1 is 0.875 bits per heavy atom. The lowest BCUT2D eigenvalue weighted by atomic mass is 9.94. The maximum absolute atomic E-state index is 13.1. The average molecular weight is 763 g/mol. The lowest BCUT2D eigenvalue weighted by Crippen LogP contribution is -2.52. The van der Waals surface area contributed by atoms with Gasteiger partial charge in [0.1, 0.15) is 11.8 Å². The molecule has 4 amide bonds. The number of aromatic nitrogens is 4. The van der Waals surface area contributed by atoms with E-state index < -0.39 is 17.9 Å². The molecule has 4 aliphatic heterocycles. The van der Waals surface area contributed by atoms with E-state index in [0.29, 0.717) is 23.3 Å². The summed E-state index contributed by atoms with van der Waals surface area (Å²) in [6.07, 6.45) is 13.5. The van der Waals surface area contributed by atoms with E-state index in [1.165, 1.54) is 6.42 Å². The number of methoxy groups -OCH3 is 1. The third kappa shape index (κ3) is 8.32. The number of anilines is 3. The van der Waals surface area contributed by atoms with Crippen molar-refractivity contribution in [2.75, 3.05) is 68.0 Å². The third-order valence-corrected chi connectivity index (χ3v) is 11.8. The van der Waals surface area contributed by atoms with Gasteiger partial charge in [0.15, 0.2) is 0 Å². The quantitative estimate of drug-likeness (QED) is 0.199. The Bertz CT molecular complexity index is 2070. The van der Waals surface area contributed by atoms with Gasteiger partial charge < -0.3 is 30.1 Å². The van der Waals surface area contributed by atoms with Crippen LogP contribution in [0.3, 0.4) is 0 Å². The van der Waals surface area contributed by atoms with Gasteiger partial charge in [-0.1, -0.05) is 0 Å². The van der Waals surface area contributed by atoms with Crippen LogP contribution in [0, 0.1) is 5.92 Å². The minimum Gasteiger partial charge on any atom is -0.496 e. The number of likely N-dealkylation sites (tertiary alicyclic amines) is 1. The monoisotopic (exact) mass is 762 g/mol. The zero-order valence-electron chi connectivity index (χ0n) is 31.9. The Morgan fingerprint density at radius 2 is 1.64 bits per heavy atom. The number of imide groups is 1. The number of carbonyl (C=O) groups is 4. The second-order valence-electron chi connectivity index (χ2n) is 15.4. The number of amides is 4. The number of ether oxygens (including phenoxy) is 1. The van der Waals surface area contributed by atoms with Crippen LogP contribution in [0.1, 0.15) is 84.8 Å². The molecule has 0 spiro atoms. The summed E-state index contributed by atoms with van der Waals surface area (Å²) in [6, 6.07) is 11.0. The average Bonchev–Trinajstić information content (AvgIpc) is 3.65. The van der Waals surface area contributed by atoms with E-state index in [0.717, 1.165) is 112 Å². The minimum atomic E-state index is -0.745. The molecule has 15 heteroatoms. The number of carbonyl (C=O) groups excluding carboxylic acids is 4. The van der Waals surface area contributed by atoms with Crippen molar-refractivity contribution < 1.29 is 23.9 Å². The fourth-order valence-corrected chi connectivity index (χ4v) is 8.59. The van der Waals surface area contributed by atoms with E-state index >= 15 is 0 Å². The van der Waals surface area contributed by atoms with Crippen LogP contribution >= 0.6 is 0 Å². The molecule has 2 aromatic carbocycles. The first kappa shape index (κ1) is 37.4. The van der Waals surface area contributed by atoms with Gasteiger partial charge in [-0.05, 0) is 87.6 Å². The smallest absolute Gasteiger partial charge is 0.293 e. The molecule has 2 aromatic heterocycles. The van der Waals surface area contributed by atoms with E-state index in [2.05, 4.69) is 63.6 Å². The van der Waals surface area contributed by atoms with Crippen molar-refractivity contribution in [2.24, 2.45) is 5.92 Å². The summed E-state index contributed by atoms with van der Waals surface area (Å²) in [5.41, 5.74) is 4.07. The number of nitrogens with one attached hydrogen (secondary N) is 3. The van der Waals surface area contributed by atoms with Gasteiger partial charge in [-0.2, -0.15) is 5.10 Å². The number of hydrogen-bond donors (Lipinski definition) is 3. The fourth-order valence-electron chi connectivity index (χ4n) is 8.59. The first-order valence-electron chi connectivity index (χ1n) is 20.0. The lowest BCUT2D eigenvalue weighted by Gasteiger charge is -2.38. The number of hydrogen-bond acceptors (Lipinski definition) is 11. The summed E-state index contributed by atoms with van der Waals surface area (Å²) in [5, 5.41) is 14.2. The van der Waals surface area contributed by atoms with Gasteiger partial charge in [-0.3, -0.25) is 29.2 Å². The van der Waals surface area contributed by atoms with Crippen LogP contribution < -0.4 is 30.5 Å². The number of fused-ring (bicyclic) bond motifs is 1. The predicted octanol–water partition coefficient (Wildman–Crippen LogP) is 4.17. The van der Waals surface area contributed by atoms with Crippen LogP contribution in [-0.2, 0) is 9.59 Å². The van der Waals surface area contributed by atoms with Crippen molar-refractivity contribution >= 4 is 51.6 Å². The molecule has 56 heavy (non-hydrogen) atoms. The molecule has 0 aliphatic carbocycles. The van der Waals surface area contributed by atoms with Crippen LogP contribution in [0.2, 0.25) is 0 Å².